The van der Waals surface area contributed by atoms with Gasteiger partial charge in [0, 0.05) is 19.3 Å². The van der Waals surface area contributed by atoms with Crippen LogP contribution >= 0.6 is 0 Å². The van der Waals surface area contributed by atoms with Gasteiger partial charge in [0.1, 0.15) is 11.5 Å². The summed E-state index contributed by atoms with van der Waals surface area (Å²) in [5.74, 6) is 1.42. The fourth-order valence-corrected chi connectivity index (χ4v) is 2.47. The Hall–Kier alpha value is -2.81. The summed E-state index contributed by atoms with van der Waals surface area (Å²) in [6.45, 7) is 3.15. The molecule has 136 valence electrons. The Morgan fingerprint density at radius 1 is 1.12 bits per heavy atom. The SMILES string of the molecule is CCOC/C=C(/c1ccc(OC)cc1)c1cc(C#N)ccc1OCOC. The summed E-state index contributed by atoms with van der Waals surface area (Å²) in [5, 5.41) is 9.29. The van der Waals surface area contributed by atoms with Crippen LogP contribution in [0.5, 0.6) is 11.5 Å². The van der Waals surface area contributed by atoms with Crippen molar-refractivity contribution in [2.24, 2.45) is 0 Å². The van der Waals surface area contributed by atoms with E-state index in [-0.39, 0.29) is 6.79 Å². The number of nitriles is 1. The third-order valence-corrected chi connectivity index (χ3v) is 3.74. The van der Waals surface area contributed by atoms with Gasteiger partial charge in [0.2, 0.25) is 0 Å². The van der Waals surface area contributed by atoms with Gasteiger partial charge in [0.25, 0.3) is 0 Å². The van der Waals surface area contributed by atoms with Crippen LogP contribution in [-0.4, -0.2) is 34.2 Å². The first-order valence-electron chi connectivity index (χ1n) is 8.32. The van der Waals surface area contributed by atoms with Crippen LogP contribution in [0.1, 0.15) is 23.6 Å². The van der Waals surface area contributed by atoms with Gasteiger partial charge in [-0.15, -0.1) is 0 Å². The standard InChI is InChI=1S/C21H23NO4/c1-4-25-12-11-19(17-6-8-18(24-3)9-7-17)20-13-16(14-22)5-10-21(20)26-15-23-2/h5-11,13H,4,12,15H2,1-3H3/b19-11-. The van der Waals surface area contributed by atoms with Crippen LogP contribution in [0.4, 0.5) is 0 Å². The molecule has 0 heterocycles. The minimum absolute atomic E-state index is 0.125. The molecule has 0 aliphatic heterocycles. The van der Waals surface area contributed by atoms with E-state index < -0.39 is 0 Å². The summed E-state index contributed by atoms with van der Waals surface area (Å²) in [4.78, 5) is 0. The van der Waals surface area contributed by atoms with E-state index in [1.807, 2.05) is 43.3 Å². The quantitative estimate of drug-likeness (QED) is 0.503. The van der Waals surface area contributed by atoms with Gasteiger partial charge in [0.15, 0.2) is 6.79 Å². The van der Waals surface area contributed by atoms with E-state index >= 15 is 0 Å². The molecule has 0 bridgehead atoms. The molecule has 0 fully saturated rings. The van der Waals surface area contributed by atoms with Crippen LogP contribution in [-0.2, 0) is 9.47 Å². The van der Waals surface area contributed by atoms with E-state index in [1.165, 1.54) is 0 Å². The van der Waals surface area contributed by atoms with Crippen molar-refractivity contribution >= 4 is 5.57 Å². The Morgan fingerprint density at radius 2 is 1.88 bits per heavy atom. The van der Waals surface area contributed by atoms with Gasteiger partial charge >= 0.3 is 0 Å². The van der Waals surface area contributed by atoms with Crippen LogP contribution in [0.3, 0.4) is 0 Å². The average molecular weight is 353 g/mol. The van der Waals surface area contributed by atoms with Crippen molar-refractivity contribution in [3.63, 3.8) is 0 Å². The molecule has 0 atom stereocenters. The third kappa shape index (κ3) is 5.09. The summed E-state index contributed by atoms with van der Waals surface area (Å²) in [7, 11) is 3.20. The van der Waals surface area contributed by atoms with Crippen molar-refractivity contribution in [3.8, 4) is 17.6 Å². The molecule has 5 nitrogen and oxygen atoms in total. The molecular formula is C21H23NO4. The molecule has 0 saturated heterocycles. The lowest BCUT2D eigenvalue weighted by Crippen LogP contribution is -2.03. The van der Waals surface area contributed by atoms with Gasteiger partial charge in [-0.05, 0) is 48.4 Å². The maximum atomic E-state index is 9.29. The second-order valence-electron chi connectivity index (χ2n) is 5.38. The van der Waals surface area contributed by atoms with Crippen LogP contribution in [0.25, 0.3) is 5.57 Å². The van der Waals surface area contributed by atoms with E-state index in [0.29, 0.717) is 24.5 Å². The zero-order valence-electron chi connectivity index (χ0n) is 15.3. The molecule has 2 aromatic carbocycles. The first-order valence-corrected chi connectivity index (χ1v) is 8.32. The lowest BCUT2D eigenvalue weighted by Gasteiger charge is -2.15. The first-order chi connectivity index (χ1) is 12.7. The Morgan fingerprint density at radius 3 is 2.50 bits per heavy atom. The second-order valence-corrected chi connectivity index (χ2v) is 5.38. The Kier molecular flexibility index (Phi) is 7.69. The predicted octanol–water partition coefficient (Wildman–Crippen LogP) is 4.02. The smallest absolute Gasteiger partial charge is 0.188 e. The monoisotopic (exact) mass is 353 g/mol. The van der Waals surface area contributed by atoms with Crippen molar-refractivity contribution in [2.45, 2.75) is 6.92 Å². The number of rotatable bonds is 9. The van der Waals surface area contributed by atoms with Gasteiger partial charge in [0.05, 0.1) is 25.3 Å². The van der Waals surface area contributed by atoms with Crippen molar-refractivity contribution in [1.29, 1.82) is 5.26 Å². The summed E-state index contributed by atoms with van der Waals surface area (Å²) >= 11 is 0. The highest BCUT2D eigenvalue weighted by atomic mass is 16.7. The van der Waals surface area contributed by atoms with Gasteiger partial charge in [-0.2, -0.15) is 5.26 Å². The van der Waals surface area contributed by atoms with E-state index in [1.54, 1.807) is 26.4 Å². The molecule has 0 amide bonds. The number of benzene rings is 2. The lowest BCUT2D eigenvalue weighted by molar-refractivity contribution is 0.0509. The van der Waals surface area contributed by atoms with E-state index in [0.717, 1.165) is 22.4 Å². The minimum Gasteiger partial charge on any atom is -0.497 e. The van der Waals surface area contributed by atoms with Gasteiger partial charge in [-0.3, -0.25) is 0 Å². The summed E-state index contributed by atoms with van der Waals surface area (Å²) in [6, 6.07) is 15.2. The summed E-state index contributed by atoms with van der Waals surface area (Å²) in [5.41, 5.74) is 3.26. The van der Waals surface area contributed by atoms with Crippen LogP contribution in [0.2, 0.25) is 0 Å². The molecule has 0 unspecified atom stereocenters. The zero-order valence-corrected chi connectivity index (χ0v) is 15.3. The van der Waals surface area contributed by atoms with Crippen molar-refractivity contribution in [3.05, 3.63) is 65.2 Å². The van der Waals surface area contributed by atoms with Crippen molar-refractivity contribution < 1.29 is 18.9 Å². The fourth-order valence-electron chi connectivity index (χ4n) is 2.47. The molecule has 5 heteroatoms. The maximum Gasteiger partial charge on any atom is 0.188 e. The summed E-state index contributed by atoms with van der Waals surface area (Å²) < 4.78 is 21.5. The molecule has 0 N–H and O–H groups in total. The number of ether oxygens (including phenoxy) is 4. The van der Waals surface area contributed by atoms with Crippen molar-refractivity contribution in [2.75, 3.05) is 34.2 Å². The van der Waals surface area contributed by atoms with Crippen LogP contribution in [0.15, 0.2) is 48.5 Å². The van der Waals surface area contributed by atoms with Gasteiger partial charge in [-0.1, -0.05) is 18.2 Å². The second kappa shape index (κ2) is 10.2. The third-order valence-electron chi connectivity index (χ3n) is 3.74. The van der Waals surface area contributed by atoms with E-state index in [9.17, 15) is 5.26 Å². The summed E-state index contributed by atoms with van der Waals surface area (Å²) in [6.07, 6.45) is 1.99. The number of nitrogens with zero attached hydrogens (tertiary/aromatic N) is 1. The Bertz CT molecular complexity index is 776. The molecule has 0 aromatic heterocycles. The first kappa shape index (κ1) is 19.5. The van der Waals surface area contributed by atoms with Crippen LogP contribution < -0.4 is 9.47 Å². The average Bonchev–Trinajstić information content (AvgIpc) is 2.70. The molecule has 0 spiro atoms. The molecule has 0 radical (unpaired) electrons. The topological polar surface area (TPSA) is 60.7 Å². The predicted molar refractivity (Wildman–Crippen MR) is 100 cm³/mol. The molecular weight excluding hydrogens is 330 g/mol. The van der Waals surface area contributed by atoms with E-state index in [4.69, 9.17) is 18.9 Å². The van der Waals surface area contributed by atoms with Crippen LogP contribution in [0, 0.1) is 11.3 Å². The van der Waals surface area contributed by atoms with Crippen molar-refractivity contribution in [1.82, 2.24) is 0 Å². The van der Waals surface area contributed by atoms with Gasteiger partial charge < -0.3 is 18.9 Å². The normalized spacial score (nSPS) is 11.1. The Labute approximate surface area is 154 Å². The highest BCUT2D eigenvalue weighted by Gasteiger charge is 2.13. The number of methoxy groups -OCH3 is 2. The lowest BCUT2D eigenvalue weighted by atomic mass is 9.95. The largest absolute Gasteiger partial charge is 0.497 e. The Balaban J connectivity index is 2.52. The molecule has 26 heavy (non-hydrogen) atoms. The zero-order chi connectivity index (χ0) is 18.8. The highest BCUT2D eigenvalue weighted by Crippen LogP contribution is 2.33. The molecule has 2 rings (SSSR count). The molecule has 2 aromatic rings. The molecule has 0 aliphatic carbocycles. The number of hydrogen-bond acceptors (Lipinski definition) is 5. The molecule has 0 saturated carbocycles. The fraction of sp³-hybridized carbons (Fsp3) is 0.286. The highest BCUT2D eigenvalue weighted by molar-refractivity contribution is 5.83. The van der Waals surface area contributed by atoms with E-state index in [2.05, 4.69) is 6.07 Å². The van der Waals surface area contributed by atoms with Gasteiger partial charge in [-0.25, -0.2) is 0 Å². The number of hydrogen-bond donors (Lipinski definition) is 0. The molecule has 0 aliphatic rings. The maximum absolute atomic E-state index is 9.29. The minimum atomic E-state index is 0.125.